The Labute approximate surface area is 119 Å². The van der Waals surface area contributed by atoms with Crippen LogP contribution in [-0.2, 0) is 10.0 Å². The average Bonchev–Trinajstić information content (AvgIpc) is 2.83. The topological polar surface area (TPSA) is 110 Å². The number of rotatable bonds is 3. The zero-order chi connectivity index (χ0) is 15.0. The normalized spacial score (nSPS) is 11.7. The van der Waals surface area contributed by atoms with Crippen LogP contribution in [-0.4, -0.2) is 34.4 Å². The molecule has 0 unspecified atom stereocenters. The van der Waals surface area contributed by atoms with Crippen molar-refractivity contribution in [2.75, 3.05) is 11.0 Å². The lowest BCUT2D eigenvalue weighted by Crippen LogP contribution is -2.09. The Morgan fingerprint density at radius 1 is 1.24 bits per heavy atom. The molecule has 0 bridgehead atoms. The lowest BCUT2D eigenvalue weighted by molar-refractivity contribution is 0.607. The van der Waals surface area contributed by atoms with E-state index in [1.807, 2.05) is 0 Å². The Balaban J connectivity index is 1.99. The van der Waals surface area contributed by atoms with E-state index in [0.29, 0.717) is 16.9 Å². The maximum Gasteiger partial charge on any atom is 0.279 e. The van der Waals surface area contributed by atoms with Gasteiger partial charge in [0.2, 0.25) is 10.0 Å². The molecule has 0 saturated heterocycles. The van der Waals surface area contributed by atoms with Crippen LogP contribution >= 0.6 is 0 Å². The van der Waals surface area contributed by atoms with Crippen molar-refractivity contribution in [3.05, 3.63) is 47.1 Å². The summed E-state index contributed by atoms with van der Waals surface area (Å²) in [5.41, 5.74) is 1.56. The highest BCUT2D eigenvalue weighted by Gasteiger charge is 2.07. The number of nitrogens with one attached hydrogen (secondary N) is 2. The standard InChI is InChI=1S/C12H11N5O3S/c1-21(19,20)16-8-2-4-9(5-3-8)17-6-10-11(15-17)12(18)14-7-13-10/h2-7,16H,1H3,(H,13,14,18). The van der Waals surface area contributed by atoms with Crippen molar-refractivity contribution < 1.29 is 8.42 Å². The first kappa shape index (κ1) is 13.3. The summed E-state index contributed by atoms with van der Waals surface area (Å²) in [4.78, 5) is 18.1. The van der Waals surface area contributed by atoms with Crippen LogP contribution in [0.5, 0.6) is 0 Å². The predicted molar refractivity (Wildman–Crippen MR) is 78.0 cm³/mol. The monoisotopic (exact) mass is 305 g/mol. The molecule has 9 heteroatoms. The van der Waals surface area contributed by atoms with Gasteiger partial charge < -0.3 is 4.98 Å². The van der Waals surface area contributed by atoms with Crippen molar-refractivity contribution in [3.8, 4) is 5.69 Å². The second-order valence-corrected chi connectivity index (χ2v) is 6.21. The van der Waals surface area contributed by atoms with E-state index in [-0.39, 0.29) is 11.1 Å². The number of fused-ring (bicyclic) bond motifs is 1. The summed E-state index contributed by atoms with van der Waals surface area (Å²) >= 11 is 0. The lowest BCUT2D eigenvalue weighted by atomic mass is 10.3. The molecule has 0 amide bonds. The fourth-order valence-electron chi connectivity index (χ4n) is 1.88. The maximum absolute atomic E-state index is 11.6. The largest absolute Gasteiger partial charge is 0.311 e. The Morgan fingerprint density at radius 3 is 2.57 bits per heavy atom. The summed E-state index contributed by atoms with van der Waals surface area (Å²) in [6.07, 6.45) is 4.03. The van der Waals surface area contributed by atoms with Gasteiger partial charge in [-0.05, 0) is 24.3 Å². The highest BCUT2D eigenvalue weighted by atomic mass is 32.2. The molecule has 0 aliphatic rings. The molecule has 0 aliphatic carbocycles. The summed E-state index contributed by atoms with van der Waals surface area (Å²) in [6, 6.07) is 6.60. The molecule has 0 fully saturated rings. The van der Waals surface area contributed by atoms with Gasteiger partial charge in [0, 0.05) is 5.69 Å². The summed E-state index contributed by atoms with van der Waals surface area (Å²) in [5.74, 6) is 0. The van der Waals surface area contributed by atoms with Gasteiger partial charge in [0.25, 0.3) is 5.56 Å². The fourth-order valence-corrected chi connectivity index (χ4v) is 2.44. The van der Waals surface area contributed by atoms with Gasteiger partial charge in [-0.15, -0.1) is 0 Å². The molecule has 1 aromatic carbocycles. The van der Waals surface area contributed by atoms with Gasteiger partial charge in [-0.1, -0.05) is 0 Å². The van der Waals surface area contributed by atoms with E-state index in [0.717, 1.165) is 6.26 Å². The van der Waals surface area contributed by atoms with Crippen LogP contribution in [0.3, 0.4) is 0 Å². The van der Waals surface area contributed by atoms with Crippen molar-refractivity contribution in [2.45, 2.75) is 0 Å². The quantitative estimate of drug-likeness (QED) is 0.731. The van der Waals surface area contributed by atoms with Crippen molar-refractivity contribution in [1.82, 2.24) is 19.7 Å². The summed E-state index contributed by atoms with van der Waals surface area (Å²) < 4.78 is 26.2. The minimum absolute atomic E-state index is 0.246. The van der Waals surface area contributed by atoms with E-state index in [1.165, 1.54) is 11.0 Å². The van der Waals surface area contributed by atoms with Crippen LogP contribution < -0.4 is 10.3 Å². The van der Waals surface area contributed by atoms with Gasteiger partial charge in [0.1, 0.15) is 5.52 Å². The number of H-pyrrole nitrogens is 1. The minimum Gasteiger partial charge on any atom is -0.311 e. The Kier molecular flexibility index (Phi) is 2.98. The second-order valence-electron chi connectivity index (χ2n) is 4.46. The number of nitrogens with zero attached hydrogens (tertiary/aromatic N) is 3. The van der Waals surface area contributed by atoms with E-state index in [2.05, 4.69) is 19.8 Å². The molecule has 0 radical (unpaired) electrons. The van der Waals surface area contributed by atoms with Gasteiger partial charge in [-0.2, -0.15) is 5.10 Å². The minimum atomic E-state index is -3.31. The molecular formula is C12H11N5O3S. The molecule has 2 heterocycles. The molecule has 2 aromatic heterocycles. The third kappa shape index (κ3) is 2.77. The van der Waals surface area contributed by atoms with Crippen LogP contribution in [0, 0.1) is 0 Å². The van der Waals surface area contributed by atoms with E-state index in [4.69, 9.17) is 0 Å². The highest BCUT2D eigenvalue weighted by Crippen LogP contribution is 2.15. The molecule has 0 aliphatic heterocycles. The second kappa shape index (κ2) is 4.70. The molecule has 8 nitrogen and oxygen atoms in total. The highest BCUT2D eigenvalue weighted by molar-refractivity contribution is 7.92. The molecule has 21 heavy (non-hydrogen) atoms. The van der Waals surface area contributed by atoms with Gasteiger partial charge in [-0.3, -0.25) is 9.52 Å². The number of sulfonamides is 1. The molecule has 3 aromatic rings. The van der Waals surface area contributed by atoms with Gasteiger partial charge >= 0.3 is 0 Å². The van der Waals surface area contributed by atoms with Gasteiger partial charge in [0.05, 0.1) is 24.5 Å². The molecule has 108 valence electrons. The zero-order valence-electron chi connectivity index (χ0n) is 10.9. The molecule has 3 rings (SSSR count). The van der Waals surface area contributed by atoms with E-state index in [1.54, 1.807) is 30.5 Å². The van der Waals surface area contributed by atoms with E-state index < -0.39 is 10.0 Å². The first-order valence-corrected chi connectivity index (χ1v) is 7.83. The fraction of sp³-hybridized carbons (Fsp3) is 0.0833. The van der Waals surface area contributed by atoms with Gasteiger partial charge in [0.15, 0.2) is 5.52 Å². The zero-order valence-corrected chi connectivity index (χ0v) is 11.8. The average molecular weight is 305 g/mol. The van der Waals surface area contributed by atoms with E-state index >= 15 is 0 Å². The Bertz CT molecular complexity index is 956. The third-order valence-electron chi connectivity index (χ3n) is 2.74. The van der Waals surface area contributed by atoms with Crippen LogP contribution in [0.2, 0.25) is 0 Å². The summed E-state index contributed by atoms with van der Waals surface area (Å²) in [6.45, 7) is 0. The van der Waals surface area contributed by atoms with Crippen molar-refractivity contribution in [3.63, 3.8) is 0 Å². The number of hydrogen-bond acceptors (Lipinski definition) is 5. The predicted octanol–water partition coefficient (Wildman–Crippen LogP) is 0.480. The molecule has 0 saturated carbocycles. The number of aromatic nitrogens is 4. The number of hydrogen-bond donors (Lipinski definition) is 2. The molecule has 2 N–H and O–H groups in total. The van der Waals surface area contributed by atoms with Crippen molar-refractivity contribution in [1.29, 1.82) is 0 Å². The number of anilines is 1. The Hall–Kier alpha value is -2.68. The van der Waals surface area contributed by atoms with Crippen molar-refractivity contribution >= 4 is 26.7 Å². The molecule has 0 spiro atoms. The smallest absolute Gasteiger partial charge is 0.279 e. The summed E-state index contributed by atoms with van der Waals surface area (Å²) in [5, 5.41) is 4.16. The third-order valence-corrected chi connectivity index (χ3v) is 3.35. The lowest BCUT2D eigenvalue weighted by Gasteiger charge is -2.05. The number of aromatic amines is 1. The summed E-state index contributed by atoms with van der Waals surface area (Å²) in [7, 11) is -3.31. The van der Waals surface area contributed by atoms with E-state index in [9.17, 15) is 13.2 Å². The SMILES string of the molecule is CS(=O)(=O)Nc1ccc(-n2cc3nc[nH]c(=O)c3n2)cc1. The maximum atomic E-state index is 11.6. The van der Waals surface area contributed by atoms with Crippen LogP contribution in [0.1, 0.15) is 0 Å². The number of benzene rings is 1. The Morgan fingerprint density at radius 2 is 1.95 bits per heavy atom. The van der Waals surface area contributed by atoms with Gasteiger partial charge in [-0.25, -0.2) is 18.1 Å². The van der Waals surface area contributed by atoms with Crippen molar-refractivity contribution in [2.24, 2.45) is 0 Å². The van der Waals surface area contributed by atoms with Crippen LogP contribution in [0.25, 0.3) is 16.7 Å². The van der Waals surface area contributed by atoms with Crippen LogP contribution in [0.4, 0.5) is 5.69 Å². The molecule has 0 atom stereocenters. The first-order valence-electron chi connectivity index (χ1n) is 5.94. The first-order chi connectivity index (χ1) is 9.92. The van der Waals surface area contributed by atoms with Crippen LogP contribution in [0.15, 0.2) is 41.6 Å². The molecular weight excluding hydrogens is 294 g/mol.